The van der Waals surface area contributed by atoms with E-state index in [4.69, 9.17) is 9.15 Å². The Kier molecular flexibility index (Phi) is 9.02. The summed E-state index contributed by atoms with van der Waals surface area (Å²) in [6.07, 6.45) is 6.17. The van der Waals surface area contributed by atoms with Crippen LogP contribution >= 0.6 is 0 Å². The largest absolute Gasteiger partial charge is 0.493 e. The van der Waals surface area contributed by atoms with Crippen LogP contribution in [0.4, 0.5) is 4.39 Å². The van der Waals surface area contributed by atoms with Crippen LogP contribution in [0.15, 0.2) is 102 Å². The highest BCUT2D eigenvalue weighted by molar-refractivity contribution is 6.06. The first-order valence-corrected chi connectivity index (χ1v) is 14.1. The van der Waals surface area contributed by atoms with E-state index < -0.39 is 11.9 Å². The van der Waals surface area contributed by atoms with Crippen molar-refractivity contribution in [3.63, 3.8) is 0 Å². The van der Waals surface area contributed by atoms with Crippen LogP contribution in [-0.4, -0.2) is 29.5 Å². The molecule has 2 amide bonds. The highest BCUT2D eigenvalue weighted by atomic mass is 19.1. The molecular formula is C34H34FN3O4. The third kappa shape index (κ3) is 6.89. The molecule has 42 heavy (non-hydrogen) atoms. The van der Waals surface area contributed by atoms with Crippen LogP contribution in [-0.2, 0) is 6.54 Å². The number of halogens is 1. The summed E-state index contributed by atoms with van der Waals surface area (Å²) < 4.78 is 27.9. The predicted molar refractivity (Wildman–Crippen MR) is 160 cm³/mol. The Morgan fingerprint density at radius 2 is 1.71 bits per heavy atom. The number of rotatable bonds is 12. The minimum Gasteiger partial charge on any atom is -0.493 e. The number of fused-ring (bicyclic) bond motifs is 1. The van der Waals surface area contributed by atoms with E-state index in [0.717, 1.165) is 13.0 Å². The number of carbonyl (C=O) groups excluding carboxylic acids is 2. The fourth-order valence-corrected chi connectivity index (χ4v) is 4.75. The lowest BCUT2D eigenvalue weighted by atomic mass is 9.95. The number of hydrogen-bond donors (Lipinski definition) is 2. The van der Waals surface area contributed by atoms with Crippen molar-refractivity contribution in [3.8, 4) is 5.75 Å². The molecule has 0 fully saturated rings. The fraction of sp³-hybridized carbons (Fsp3) is 0.235. The molecule has 2 heterocycles. The number of aryl methyl sites for hydroxylation is 1. The minimum atomic E-state index is -0.746. The summed E-state index contributed by atoms with van der Waals surface area (Å²) in [4.78, 5) is 26.7. The molecule has 216 valence electrons. The molecule has 1 atom stereocenters. The molecule has 1 unspecified atom stereocenters. The van der Waals surface area contributed by atoms with Gasteiger partial charge in [0.1, 0.15) is 23.4 Å². The Morgan fingerprint density at radius 1 is 0.952 bits per heavy atom. The Morgan fingerprint density at radius 3 is 2.48 bits per heavy atom. The number of nitrogens with one attached hydrogen (secondary N) is 2. The van der Waals surface area contributed by atoms with E-state index in [2.05, 4.69) is 15.2 Å². The van der Waals surface area contributed by atoms with Crippen LogP contribution in [0.25, 0.3) is 11.0 Å². The van der Waals surface area contributed by atoms with E-state index >= 15 is 0 Å². The Bertz CT molecular complexity index is 1640. The minimum absolute atomic E-state index is 0.228. The van der Waals surface area contributed by atoms with Gasteiger partial charge in [-0.2, -0.15) is 0 Å². The number of hydrogen-bond acceptors (Lipinski definition) is 4. The van der Waals surface area contributed by atoms with Gasteiger partial charge < -0.3 is 24.4 Å². The molecule has 5 aromatic rings. The molecule has 0 aliphatic rings. The van der Waals surface area contributed by atoms with E-state index in [-0.39, 0.29) is 17.7 Å². The summed E-state index contributed by atoms with van der Waals surface area (Å²) in [5, 5.41) is 6.72. The van der Waals surface area contributed by atoms with E-state index in [1.165, 1.54) is 18.4 Å². The first-order chi connectivity index (χ1) is 20.4. The molecular weight excluding hydrogens is 533 g/mol. The number of amides is 2. The van der Waals surface area contributed by atoms with Gasteiger partial charge in [-0.1, -0.05) is 44.2 Å². The third-order valence-corrected chi connectivity index (χ3v) is 6.94. The third-order valence-electron chi connectivity index (χ3n) is 6.94. The maximum Gasteiger partial charge on any atom is 0.255 e. The van der Waals surface area contributed by atoms with Crippen molar-refractivity contribution in [1.82, 2.24) is 15.2 Å². The van der Waals surface area contributed by atoms with Crippen LogP contribution in [0.5, 0.6) is 5.75 Å². The van der Waals surface area contributed by atoms with Gasteiger partial charge in [0.2, 0.25) is 0 Å². The first-order valence-electron chi connectivity index (χ1n) is 14.1. The highest BCUT2D eigenvalue weighted by Crippen LogP contribution is 2.33. The molecule has 3 aromatic carbocycles. The summed E-state index contributed by atoms with van der Waals surface area (Å²) in [6, 6.07) is 21.6. The van der Waals surface area contributed by atoms with E-state index in [1.54, 1.807) is 36.4 Å². The number of furan rings is 1. The average molecular weight is 568 g/mol. The van der Waals surface area contributed by atoms with Gasteiger partial charge in [-0.25, -0.2) is 4.39 Å². The second-order valence-electron chi connectivity index (χ2n) is 10.6. The smallest absolute Gasteiger partial charge is 0.255 e. The number of aromatic nitrogens is 1. The van der Waals surface area contributed by atoms with Crippen molar-refractivity contribution < 1.29 is 23.1 Å². The molecule has 8 heteroatoms. The molecule has 0 saturated carbocycles. The topological polar surface area (TPSA) is 85.5 Å². The van der Waals surface area contributed by atoms with Gasteiger partial charge in [-0.15, -0.1) is 0 Å². The zero-order chi connectivity index (χ0) is 29.5. The quantitative estimate of drug-likeness (QED) is 0.163. The van der Waals surface area contributed by atoms with Crippen molar-refractivity contribution in [3.05, 3.63) is 126 Å². The van der Waals surface area contributed by atoms with Crippen LogP contribution in [0, 0.1) is 11.7 Å². The number of benzene rings is 3. The number of nitrogens with zero attached hydrogens (tertiary/aromatic N) is 1. The summed E-state index contributed by atoms with van der Waals surface area (Å²) >= 11 is 0. The Hall–Kier alpha value is -4.85. The zero-order valence-corrected chi connectivity index (χ0v) is 23.7. The summed E-state index contributed by atoms with van der Waals surface area (Å²) in [5.74, 6) is -0.188. The zero-order valence-electron chi connectivity index (χ0n) is 23.7. The maximum atomic E-state index is 14.0. The van der Waals surface area contributed by atoms with Crippen molar-refractivity contribution in [2.45, 2.75) is 32.9 Å². The van der Waals surface area contributed by atoms with Crippen LogP contribution in [0.2, 0.25) is 0 Å². The molecule has 0 spiro atoms. The lowest BCUT2D eigenvalue weighted by Gasteiger charge is -2.23. The van der Waals surface area contributed by atoms with Crippen LogP contribution in [0.3, 0.4) is 0 Å². The molecule has 0 bridgehead atoms. The molecule has 0 radical (unpaired) electrons. The summed E-state index contributed by atoms with van der Waals surface area (Å²) in [5.41, 5.74) is 2.62. The maximum absolute atomic E-state index is 14.0. The fourth-order valence-electron chi connectivity index (χ4n) is 4.75. The van der Waals surface area contributed by atoms with Crippen molar-refractivity contribution in [2.75, 3.05) is 13.2 Å². The molecule has 2 aromatic heterocycles. The van der Waals surface area contributed by atoms with Gasteiger partial charge in [-0.05, 0) is 66.4 Å². The second kappa shape index (κ2) is 13.2. The van der Waals surface area contributed by atoms with Gasteiger partial charge in [0, 0.05) is 42.0 Å². The Balaban J connectivity index is 1.50. The predicted octanol–water partition coefficient (Wildman–Crippen LogP) is 6.75. The molecule has 0 aliphatic heterocycles. The van der Waals surface area contributed by atoms with Crippen molar-refractivity contribution in [2.24, 2.45) is 5.92 Å². The molecule has 5 rings (SSSR count). The van der Waals surface area contributed by atoms with Gasteiger partial charge in [0.25, 0.3) is 11.8 Å². The first kappa shape index (κ1) is 28.7. The Labute approximate surface area is 244 Å². The monoisotopic (exact) mass is 567 g/mol. The second-order valence-corrected chi connectivity index (χ2v) is 10.6. The summed E-state index contributed by atoms with van der Waals surface area (Å²) in [6.45, 7) is 5.77. The molecule has 0 saturated heterocycles. The standard InChI is InChI=1S/C34H34FN3O4/c1-23(2)21-36-33(39)25-12-15-31(41-19-7-18-38-16-5-6-17-38)28(20-25)32(24-10-13-26(35)14-11-24)37-34(40)29-22-42-30-9-4-3-8-27(29)30/h3-6,8-17,20,22-23,32H,7,18-19,21H2,1-2H3,(H,36,39)(H,37,40). The number of para-hydroxylation sites is 1. The van der Waals surface area contributed by atoms with Gasteiger partial charge in [-0.3, -0.25) is 9.59 Å². The molecule has 2 N–H and O–H groups in total. The van der Waals surface area contributed by atoms with Crippen LogP contribution < -0.4 is 15.4 Å². The lowest BCUT2D eigenvalue weighted by molar-refractivity contribution is 0.0940. The van der Waals surface area contributed by atoms with E-state index in [0.29, 0.717) is 52.1 Å². The summed E-state index contributed by atoms with van der Waals surface area (Å²) in [7, 11) is 0. The number of ether oxygens (including phenoxy) is 1. The lowest BCUT2D eigenvalue weighted by Crippen LogP contribution is -2.31. The molecule has 7 nitrogen and oxygen atoms in total. The normalized spacial score (nSPS) is 11.9. The van der Waals surface area contributed by atoms with E-state index in [9.17, 15) is 14.0 Å². The molecule has 0 aliphatic carbocycles. The van der Waals surface area contributed by atoms with E-state index in [1.807, 2.05) is 56.6 Å². The average Bonchev–Trinajstić information content (AvgIpc) is 3.68. The van der Waals surface area contributed by atoms with Crippen LogP contribution in [0.1, 0.15) is 58.2 Å². The van der Waals surface area contributed by atoms with Gasteiger partial charge in [0.15, 0.2) is 0 Å². The van der Waals surface area contributed by atoms with Crippen molar-refractivity contribution >= 4 is 22.8 Å². The number of carbonyl (C=O) groups is 2. The SMILES string of the molecule is CC(C)CNC(=O)c1ccc(OCCCn2cccc2)c(C(NC(=O)c2coc3ccccc23)c2ccc(F)cc2)c1. The van der Waals surface area contributed by atoms with Gasteiger partial charge in [0.05, 0.1) is 18.2 Å². The van der Waals surface area contributed by atoms with Gasteiger partial charge >= 0.3 is 0 Å². The van der Waals surface area contributed by atoms with Crippen molar-refractivity contribution in [1.29, 1.82) is 0 Å². The highest BCUT2D eigenvalue weighted by Gasteiger charge is 2.25.